The molecule has 1 amide bonds. The summed E-state index contributed by atoms with van der Waals surface area (Å²) in [4.78, 5) is 12.0. The number of nitrogens with one attached hydrogen (secondary N) is 1. The van der Waals surface area contributed by atoms with Crippen LogP contribution in [0.2, 0.25) is 0 Å². The maximum atomic E-state index is 12.0. The summed E-state index contributed by atoms with van der Waals surface area (Å²) in [5.41, 5.74) is 2.09. The van der Waals surface area contributed by atoms with Gasteiger partial charge in [-0.05, 0) is 19.3 Å². The molecule has 0 aromatic heterocycles. The average Bonchev–Trinajstić information content (AvgIpc) is 3.15. The second-order valence-electron chi connectivity index (χ2n) is 4.38. The molecule has 1 unspecified atom stereocenters. The van der Waals surface area contributed by atoms with E-state index >= 15 is 0 Å². The Hall–Kier alpha value is -1.49. The number of carbonyl (C=O) groups is 1. The van der Waals surface area contributed by atoms with E-state index in [4.69, 9.17) is 6.42 Å². The summed E-state index contributed by atoms with van der Waals surface area (Å²) in [6.45, 7) is 6.23. The van der Waals surface area contributed by atoms with Crippen molar-refractivity contribution in [3.63, 3.8) is 0 Å². The van der Waals surface area contributed by atoms with E-state index < -0.39 is 0 Å². The first-order valence-corrected chi connectivity index (χ1v) is 6.31. The van der Waals surface area contributed by atoms with Crippen molar-refractivity contribution in [2.75, 3.05) is 6.54 Å². The van der Waals surface area contributed by atoms with E-state index in [1.54, 1.807) is 6.08 Å². The van der Waals surface area contributed by atoms with Crippen LogP contribution in [0.4, 0.5) is 0 Å². The number of unbranched alkanes of at least 4 members (excludes halogenated alkanes) is 1. The summed E-state index contributed by atoms with van der Waals surface area (Å²) in [5, 5.41) is 2.83. The molecule has 1 aliphatic rings. The Kier molecular flexibility index (Phi) is 5.56. The van der Waals surface area contributed by atoms with Crippen molar-refractivity contribution in [1.29, 1.82) is 0 Å². The van der Waals surface area contributed by atoms with Crippen LogP contribution in [0.1, 0.15) is 39.0 Å². The van der Waals surface area contributed by atoms with Gasteiger partial charge < -0.3 is 5.32 Å². The van der Waals surface area contributed by atoms with Gasteiger partial charge in [-0.2, -0.15) is 0 Å². The third-order valence-corrected chi connectivity index (χ3v) is 2.93. The van der Waals surface area contributed by atoms with E-state index in [0.29, 0.717) is 6.54 Å². The van der Waals surface area contributed by atoms with Crippen LogP contribution in [0, 0.1) is 18.3 Å². The third-order valence-electron chi connectivity index (χ3n) is 2.93. The van der Waals surface area contributed by atoms with Crippen molar-refractivity contribution in [3.8, 4) is 12.3 Å². The van der Waals surface area contributed by atoms with Gasteiger partial charge in [0, 0.05) is 12.1 Å². The van der Waals surface area contributed by atoms with Gasteiger partial charge in [0.05, 0.1) is 5.92 Å². The van der Waals surface area contributed by atoms with E-state index in [0.717, 1.165) is 37.7 Å². The lowest BCUT2D eigenvalue weighted by atomic mass is 9.92. The molecule has 92 valence electrons. The van der Waals surface area contributed by atoms with Crippen molar-refractivity contribution < 1.29 is 4.79 Å². The Labute approximate surface area is 104 Å². The number of rotatable bonds is 7. The van der Waals surface area contributed by atoms with E-state index in [-0.39, 0.29) is 11.8 Å². The highest BCUT2D eigenvalue weighted by atomic mass is 16.1. The fraction of sp³-hybridized carbons (Fsp3) is 0.533. The van der Waals surface area contributed by atoms with Crippen molar-refractivity contribution in [2.24, 2.45) is 5.92 Å². The maximum absolute atomic E-state index is 12.0. The topological polar surface area (TPSA) is 29.1 Å². The van der Waals surface area contributed by atoms with E-state index in [2.05, 4.69) is 24.7 Å². The van der Waals surface area contributed by atoms with Crippen LogP contribution in [0.25, 0.3) is 0 Å². The molecule has 1 saturated carbocycles. The van der Waals surface area contributed by atoms with Crippen molar-refractivity contribution in [2.45, 2.75) is 39.0 Å². The second-order valence-corrected chi connectivity index (χ2v) is 4.38. The predicted octanol–water partition coefficient (Wildman–Crippen LogP) is 2.82. The summed E-state index contributed by atoms with van der Waals surface area (Å²) >= 11 is 0. The van der Waals surface area contributed by atoms with Gasteiger partial charge in [0.2, 0.25) is 5.91 Å². The molecule has 0 aromatic carbocycles. The van der Waals surface area contributed by atoms with Gasteiger partial charge in [-0.1, -0.05) is 37.3 Å². The van der Waals surface area contributed by atoms with Gasteiger partial charge in [-0.25, -0.2) is 0 Å². The first-order chi connectivity index (χ1) is 8.24. The summed E-state index contributed by atoms with van der Waals surface area (Å²) in [6.07, 6.45) is 12.4. The molecule has 17 heavy (non-hydrogen) atoms. The monoisotopic (exact) mass is 231 g/mol. The molecule has 0 saturated heterocycles. The zero-order chi connectivity index (χ0) is 12.7. The number of carbonyl (C=O) groups excluding carboxylic acids is 1. The first kappa shape index (κ1) is 13.6. The lowest BCUT2D eigenvalue weighted by molar-refractivity contribution is -0.117. The molecule has 1 N–H and O–H groups in total. The summed E-state index contributed by atoms with van der Waals surface area (Å²) in [6, 6.07) is 0. The van der Waals surface area contributed by atoms with Gasteiger partial charge in [0.25, 0.3) is 0 Å². The van der Waals surface area contributed by atoms with Crippen molar-refractivity contribution >= 4 is 5.91 Å². The number of hydrogen-bond donors (Lipinski definition) is 1. The SMILES string of the molecule is C#CC(CCCC)C(C(=O)NCC=C)=C1CC1. The van der Waals surface area contributed by atoms with E-state index in [1.807, 2.05) is 0 Å². The lowest BCUT2D eigenvalue weighted by Gasteiger charge is -2.14. The predicted molar refractivity (Wildman–Crippen MR) is 71.3 cm³/mol. The Morgan fingerprint density at radius 1 is 1.65 bits per heavy atom. The zero-order valence-electron chi connectivity index (χ0n) is 10.6. The van der Waals surface area contributed by atoms with Gasteiger partial charge in [-0.3, -0.25) is 4.79 Å². The van der Waals surface area contributed by atoms with Gasteiger partial charge in [-0.15, -0.1) is 13.0 Å². The molecule has 1 aliphatic carbocycles. The van der Waals surface area contributed by atoms with Crippen molar-refractivity contribution in [3.05, 3.63) is 23.8 Å². The summed E-state index contributed by atoms with van der Waals surface area (Å²) < 4.78 is 0. The van der Waals surface area contributed by atoms with Gasteiger partial charge in [0.1, 0.15) is 0 Å². The Bertz CT molecular complexity index is 354. The normalized spacial score (nSPS) is 14.7. The highest BCUT2D eigenvalue weighted by molar-refractivity contribution is 5.96. The smallest absolute Gasteiger partial charge is 0.248 e. The molecule has 2 heteroatoms. The average molecular weight is 231 g/mol. The van der Waals surface area contributed by atoms with Crippen LogP contribution in [0.3, 0.4) is 0 Å². The summed E-state index contributed by atoms with van der Waals surface area (Å²) in [7, 11) is 0. The Balaban J connectivity index is 2.72. The molecule has 0 bridgehead atoms. The molecule has 0 spiro atoms. The van der Waals surface area contributed by atoms with Crippen molar-refractivity contribution in [1.82, 2.24) is 5.32 Å². The molecule has 0 radical (unpaired) electrons. The lowest BCUT2D eigenvalue weighted by Crippen LogP contribution is -2.28. The minimum absolute atomic E-state index is 0.00328. The molecule has 1 atom stereocenters. The fourth-order valence-electron chi connectivity index (χ4n) is 1.88. The van der Waals surface area contributed by atoms with Crippen LogP contribution in [0.5, 0.6) is 0 Å². The molecular weight excluding hydrogens is 210 g/mol. The Morgan fingerprint density at radius 2 is 2.35 bits per heavy atom. The van der Waals surface area contributed by atoms with Crippen LogP contribution in [0.15, 0.2) is 23.8 Å². The Morgan fingerprint density at radius 3 is 2.82 bits per heavy atom. The highest BCUT2D eigenvalue weighted by Gasteiger charge is 2.27. The molecule has 0 aliphatic heterocycles. The third kappa shape index (κ3) is 4.11. The second kappa shape index (κ2) is 6.96. The van der Waals surface area contributed by atoms with Crippen LogP contribution in [-0.4, -0.2) is 12.5 Å². The van der Waals surface area contributed by atoms with Crippen LogP contribution >= 0.6 is 0 Å². The standard InChI is InChI=1S/C15H21NO/c1-4-7-8-12(6-3)14(13-9-10-13)15(17)16-11-5-2/h3,5,12H,2,4,7-11H2,1H3,(H,16,17). The van der Waals surface area contributed by atoms with E-state index in [1.165, 1.54) is 5.57 Å². The fourth-order valence-corrected chi connectivity index (χ4v) is 1.88. The minimum Gasteiger partial charge on any atom is -0.349 e. The minimum atomic E-state index is -0.0164. The van der Waals surface area contributed by atoms with Gasteiger partial charge >= 0.3 is 0 Å². The van der Waals surface area contributed by atoms with Crippen LogP contribution in [-0.2, 0) is 4.79 Å². The molecule has 1 rings (SSSR count). The molecule has 0 aromatic rings. The number of terminal acetylenes is 1. The van der Waals surface area contributed by atoms with Crippen LogP contribution < -0.4 is 5.32 Å². The van der Waals surface area contributed by atoms with Gasteiger partial charge in [0.15, 0.2) is 0 Å². The highest BCUT2D eigenvalue weighted by Crippen LogP contribution is 2.36. The number of hydrogen-bond acceptors (Lipinski definition) is 1. The zero-order valence-corrected chi connectivity index (χ0v) is 10.6. The molecule has 1 fully saturated rings. The van der Waals surface area contributed by atoms with E-state index in [9.17, 15) is 4.79 Å². The number of amides is 1. The summed E-state index contributed by atoms with van der Waals surface area (Å²) in [5.74, 6) is 2.75. The molecule has 2 nitrogen and oxygen atoms in total. The molecular formula is C15H21NO. The quantitative estimate of drug-likeness (QED) is 0.407. The maximum Gasteiger partial charge on any atom is 0.248 e. The largest absolute Gasteiger partial charge is 0.349 e. The first-order valence-electron chi connectivity index (χ1n) is 6.31. The number of allylic oxidation sites excluding steroid dienone is 1. The molecule has 0 heterocycles.